The van der Waals surface area contributed by atoms with Crippen molar-refractivity contribution in [1.29, 1.82) is 0 Å². The van der Waals surface area contributed by atoms with Crippen LogP contribution in [0.5, 0.6) is 0 Å². The summed E-state index contributed by atoms with van der Waals surface area (Å²) in [7, 11) is 4.21. The van der Waals surface area contributed by atoms with E-state index in [1.165, 1.54) is 11.1 Å². The molecule has 0 fully saturated rings. The third-order valence-electron chi connectivity index (χ3n) is 3.00. The molecule has 0 unspecified atom stereocenters. The highest BCUT2D eigenvalue weighted by atomic mass is 15.1. The van der Waals surface area contributed by atoms with Gasteiger partial charge in [0.25, 0.3) is 0 Å². The van der Waals surface area contributed by atoms with Crippen LogP contribution in [0, 0.1) is 5.92 Å². The number of fused-ring (bicyclic) bond motifs is 1. The predicted molar refractivity (Wildman–Crippen MR) is 59.1 cm³/mol. The van der Waals surface area contributed by atoms with Gasteiger partial charge in [-0.2, -0.15) is 0 Å². The van der Waals surface area contributed by atoms with Gasteiger partial charge in [-0.25, -0.2) is 0 Å². The van der Waals surface area contributed by atoms with Crippen molar-refractivity contribution in [1.82, 2.24) is 4.90 Å². The topological polar surface area (TPSA) is 29.3 Å². The standard InChI is InChI=1S/C12H18N2/c1-14(2)8-10-7-9-5-3-4-6-11(9)12(10)13/h3-6,10,12H,7-8,13H2,1-2H3/t10-,12+/m0/s1. The molecule has 0 bridgehead atoms. The maximum atomic E-state index is 6.21. The lowest BCUT2D eigenvalue weighted by atomic mass is 10.0. The molecule has 0 aliphatic heterocycles. The van der Waals surface area contributed by atoms with Crippen molar-refractivity contribution in [3.8, 4) is 0 Å². The van der Waals surface area contributed by atoms with Crippen LogP contribution >= 0.6 is 0 Å². The van der Waals surface area contributed by atoms with Crippen molar-refractivity contribution in [2.45, 2.75) is 12.5 Å². The summed E-state index contributed by atoms with van der Waals surface area (Å²) in [6.07, 6.45) is 1.13. The van der Waals surface area contributed by atoms with Crippen LogP contribution in [0.3, 0.4) is 0 Å². The molecule has 0 heterocycles. The summed E-state index contributed by atoms with van der Waals surface area (Å²) in [5, 5.41) is 0. The molecule has 1 aliphatic carbocycles. The lowest BCUT2D eigenvalue weighted by molar-refractivity contribution is 0.304. The highest BCUT2D eigenvalue weighted by molar-refractivity contribution is 5.35. The predicted octanol–water partition coefficient (Wildman–Crippen LogP) is 1.42. The van der Waals surface area contributed by atoms with Crippen LogP contribution in [0.4, 0.5) is 0 Å². The molecule has 2 N–H and O–H groups in total. The minimum atomic E-state index is 0.230. The first-order valence-electron chi connectivity index (χ1n) is 5.16. The van der Waals surface area contributed by atoms with E-state index in [1.54, 1.807) is 0 Å². The Bertz CT molecular complexity index is 320. The maximum Gasteiger partial charge on any atom is 0.0341 e. The molecule has 76 valence electrons. The number of benzene rings is 1. The summed E-state index contributed by atoms with van der Waals surface area (Å²) in [6.45, 7) is 1.08. The van der Waals surface area contributed by atoms with Gasteiger partial charge in [0, 0.05) is 12.6 Å². The third-order valence-corrected chi connectivity index (χ3v) is 3.00. The van der Waals surface area contributed by atoms with Gasteiger partial charge in [0.05, 0.1) is 0 Å². The average molecular weight is 190 g/mol. The van der Waals surface area contributed by atoms with Gasteiger partial charge in [-0.05, 0) is 37.6 Å². The normalized spacial score (nSPS) is 25.4. The summed E-state index contributed by atoms with van der Waals surface area (Å²) in [6, 6.07) is 8.77. The molecule has 2 nitrogen and oxygen atoms in total. The first kappa shape index (κ1) is 9.69. The Morgan fingerprint density at radius 3 is 2.71 bits per heavy atom. The second-order valence-corrected chi connectivity index (χ2v) is 4.45. The molecule has 14 heavy (non-hydrogen) atoms. The monoisotopic (exact) mass is 190 g/mol. The Labute approximate surface area is 85.7 Å². The highest BCUT2D eigenvalue weighted by Crippen LogP contribution is 2.34. The third kappa shape index (κ3) is 1.68. The molecule has 2 heteroatoms. The molecule has 0 radical (unpaired) electrons. The zero-order valence-corrected chi connectivity index (χ0v) is 8.90. The quantitative estimate of drug-likeness (QED) is 0.764. The molecule has 0 saturated heterocycles. The van der Waals surface area contributed by atoms with E-state index in [-0.39, 0.29) is 6.04 Å². The molecular formula is C12H18N2. The van der Waals surface area contributed by atoms with E-state index in [9.17, 15) is 0 Å². The van der Waals surface area contributed by atoms with Crippen molar-refractivity contribution in [3.05, 3.63) is 35.4 Å². The molecule has 2 rings (SSSR count). The van der Waals surface area contributed by atoms with Crippen molar-refractivity contribution < 1.29 is 0 Å². The van der Waals surface area contributed by atoms with Crippen LogP contribution in [-0.4, -0.2) is 25.5 Å². The van der Waals surface area contributed by atoms with Crippen molar-refractivity contribution in [2.75, 3.05) is 20.6 Å². The molecule has 0 amide bonds. The lowest BCUT2D eigenvalue weighted by Crippen LogP contribution is -2.28. The maximum absolute atomic E-state index is 6.21. The van der Waals surface area contributed by atoms with Crippen molar-refractivity contribution >= 4 is 0 Å². The van der Waals surface area contributed by atoms with E-state index in [0.29, 0.717) is 5.92 Å². The number of nitrogens with zero attached hydrogens (tertiary/aromatic N) is 1. The molecule has 2 atom stereocenters. The molecular weight excluding hydrogens is 172 g/mol. The fourth-order valence-electron chi connectivity index (χ4n) is 2.36. The van der Waals surface area contributed by atoms with E-state index >= 15 is 0 Å². The Morgan fingerprint density at radius 1 is 1.36 bits per heavy atom. The van der Waals surface area contributed by atoms with Gasteiger partial charge in [-0.3, -0.25) is 0 Å². The fourth-order valence-corrected chi connectivity index (χ4v) is 2.36. The van der Waals surface area contributed by atoms with E-state index in [0.717, 1.165) is 13.0 Å². The SMILES string of the molecule is CN(C)C[C@@H]1Cc2ccccc2[C@@H]1N. The second-order valence-electron chi connectivity index (χ2n) is 4.45. The average Bonchev–Trinajstić information content (AvgIpc) is 2.44. The van der Waals surface area contributed by atoms with E-state index in [4.69, 9.17) is 5.73 Å². The van der Waals surface area contributed by atoms with Gasteiger partial charge in [0.2, 0.25) is 0 Å². The minimum absolute atomic E-state index is 0.230. The number of nitrogens with two attached hydrogens (primary N) is 1. The molecule has 0 aromatic heterocycles. The van der Waals surface area contributed by atoms with Crippen LogP contribution in [0.1, 0.15) is 17.2 Å². The van der Waals surface area contributed by atoms with E-state index in [2.05, 4.69) is 43.3 Å². The van der Waals surface area contributed by atoms with Gasteiger partial charge in [-0.15, -0.1) is 0 Å². The van der Waals surface area contributed by atoms with E-state index < -0.39 is 0 Å². The molecule has 1 aromatic rings. The zero-order valence-electron chi connectivity index (χ0n) is 8.90. The first-order valence-corrected chi connectivity index (χ1v) is 5.16. The summed E-state index contributed by atoms with van der Waals surface area (Å²) in [5.41, 5.74) is 9.00. The van der Waals surface area contributed by atoms with Gasteiger partial charge in [-0.1, -0.05) is 24.3 Å². The fraction of sp³-hybridized carbons (Fsp3) is 0.500. The van der Waals surface area contributed by atoms with Crippen LogP contribution in [0.15, 0.2) is 24.3 Å². The summed E-state index contributed by atoms with van der Waals surface area (Å²) < 4.78 is 0. The van der Waals surface area contributed by atoms with Crippen molar-refractivity contribution in [3.63, 3.8) is 0 Å². The van der Waals surface area contributed by atoms with Crippen LogP contribution < -0.4 is 5.73 Å². The molecule has 0 spiro atoms. The van der Waals surface area contributed by atoms with E-state index in [1.807, 2.05) is 0 Å². The van der Waals surface area contributed by atoms with Crippen LogP contribution in [0.25, 0.3) is 0 Å². The largest absolute Gasteiger partial charge is 0.324 e. The number of rotatable bonds is 2. The smallest absolute Gasteiger partial charge is 0.0341 e. The second kappa shape index (κ2) is 3.71. The van der Waals surface area contributed by atoms with Crippen molar-refractivity contribution in [2.24, 2.45) is 11.7 Å². The number of hydrogen-bond donors (Lipinski definition) is 1. The van der Waals surface area contributed by atoms with Gasteiger partial charge >= 0.3 is 0 Å². The zero-order chi connectivity index (χ0) is 10.1. The highest BCUT2D eigenvalue weighted by Gasteiger charge is 2.29. The summed E-state index contributed by atoms with van der Waals surface area (Å²) in [4.78, 5) is 2.22. The molecule has 1 aromatic carbocycles. The summed E-state index contributed by atoms with van der Waals surface area (Å²) >= 11 is 0. The Kier molecular flexibility index (Phi) is 2.57. The van der Waals surface area contributed by atoms with Crippen LogP contribution in [0.2, 0.25) is 0 Å². The Hall–Kier alpha value is -0.860. The molecule has 1 aliphatic rings. The Morgan fingerprint density at radius 2 is 2.07 bits per heavy atom. The van der Waals surface area contributed by atoms with Gasteiger partial charge in [0.1, 0.15) is 0 Å². The lowest BCUT2D eigenvalue weighted by Gasteiger charge is -2.20. The van der Waals surface area contributed by atoms with Gasteiger partial charge in [0.15, 0.2) is 0 Å². The van der Waals surface area contributed by atoms with Crippen LogP contribution in [-0.2, 0) is 6.42 Å². The van der Waals surface area contributed by atoms with Gasteiger partial charge < -0.3 is 10.6 Å². The number of hydrogen-bond acceptors (Lipinski definition) is 2. The summed E-state index contributed by atoms with van der Waals surface area (Å²) in [5.74, 6) is 0.586. The minimum Gasteiger partial charge on any atom is -0.324 e. The Balaban J connectivity index is 2.17. The first-order chi connectivity index (χ1) is 6.68. The molecule has 0 saturated carbocycles.